The molecule has 0 saturated heterocycles. The fourth-order valence-corrected chi connectivity index (χ4v) is 4.26. The number of thioether (sulfide) groups is 1. The second kappa shape index (κ2) is 10.7. The van der Waals surface area contributed by atoms with Gasteiger partial charge in [-0.15, -0.1) is 10.2 Å². The highest BCUT2D eigenvalue weighted by atomic mass is 35.5. The van der Waals surface area contributed by atoms with Crippen LogP contribution in [0.25, 0.3) is 17.1 Å². The monoisotopic (exact) mass is 496 g/mol. The van der Waals surface area contributed by atoms with Crippen LogP contribution in [0.2, 0.25) is 5.02 Å². The van der Waals surface area contributed by atoms with Gasteiger partial charge < -0.3 is 10.1 Å². The number of carbonyl (C=O) groups is 1. The highest BCUT2D eigenvalue weighted by Gasteiger charge is 2.18. The summed E-state index contributed by atoms with van der Waals surface area (Å²) in [5.41, 5.74) is 3.28. The van der Waals surface area contributed by atoms with E-state index in [-0.39, 0.29) is 16.7 Å². The Morgan fingerprint density at radius 1 is 1.12 bits per heavy atom. The van der Waals surface area contributed by atoms with Crippen LogP contribution in [0.1, 0.15) is 12.5 Å². The summed E-state index contributed by atoms with van der Waals surface area (Å²) in [6.07, 6.45) is 0. The number of aryl methyl sites for hydroxylation is 1. The minimum atomic E-state index is -0.541. The molecule has 34 heavy (non-hydrogen) atoms. The van der Waals surface area contributed by atoms with Crippen molar-refractivity contribution in [3.63, 3.8) is 0 Å². The van der Waals surface area contributed by atoms with Crippen LogP contribution in [-0.4, -0.2) is 33.0 Å². The summed E-state index contributed by atoms with van der Waals surface area (Å²) < 4.78 is 20.8. The summed E-state index contributed by atoms with van der Waals surface area (Å²) >= 11 is 7.05. The highest BCUT2D eigenvalue weighted by Crippen LogP contribution is 2.29. The van der Waals surface area contributed by atoms with E-state index in [1.54, 1.807) is 0 Å². The van der Waals surface area contributed by atoms with Crippen LogP contribution >= 0.6 is 23.4 Å². The van der Waals surface area contributed by atoms with Crippen molar-refractivity contribution in [1.29, 1.82) is 0 Å². The molecule has 0 aliphatic carbocycles. The average Bonchev–Trinajstić information content (AvgIpc) is 3.25. The van der Waals surface area contributed by atoms with E-state index in [4.69, 9.17) is 16.3 Å². The van der Waals surface area contributed by atoms with Crippen molar-refractivity contribution in [3.8, 4) is 22.8 Å². The Morgan fingerprint density at radius 2 is 1.91 bits per heavy atom. The van der Waals surface area contributed by atoms with Crippen molar-refractivity contribution in [3.05, 3.63) is 83.1 Å². The second-order valence-electron chi connectivity index (χ2n) is 7.40. The third kappa shape index (κ3) is 5.58. The molecule has 0 aliphatic rings. The molecule has 0 radical (unpaired) electrons. The number of ether oxygens (including phenoxy) is 1. The number of nitrogens with zero attached hydrogens (tertiary/aromatic N) is 3. The van der Waals surface area contributed by atoms with Gasteiger partial charge in [-0.2, -0.15) is 0 Å². The molecule has 0 saturated carbocycles. The standard InChI is InChI=1S/C25H22ClFN4O2S/c1-3-33-20-10-8-19(9-11-20)31-24(17-6-4-5-16(2)13-17)29-30-25(31)34-15-23(32)28-18-7-12-22(27)21(26)14-18/h4-14H,3,15H2,1-2H3,(H,28,32). The normalized spacial score (nSPS) is 10.8. The van der Waals surface area contributed by atoms with Gasteiger partial charge in [0.25, 0.3) is 0 Å². The van der Waals surface area contributed by atoms with E-state index in [1.165, 1.54) is 30.0 Å². The smallest absolute Gasteiger partial charge is 0.234 e. The largest absolute Gasteiger partial charge is 0.494 e. The third-order valence-electron chi connectivity index (χ3n) is 4.85. The van der Waals surface area contributed by atoms with Crippen molar-refractivity contribution in [1.82, 2.24) is 14.8 Å². The first-order chi connectivity index (χ1) is 16.4. The molecule has 4 rings (SSSR count). The molecule has 6 nitrogen and oxygen atoms in total. The van der Waals surface area contributed by atoms with Gasteiger partial charge in [0.2, 0.25) is 5.91 Å². The van der Waals surface area contributed by atoms with Gasteiger partial charge in [0, 0.05) is 16.9 Å². The number of hydrogen-bond acceptors (Lipinski definition) is 5. The lowest BCUT2D eigenvalue weighted by Gasteiger charge is -2.12. The number of carbonyl (C=O) groups excluding carboxylic acids is 1. The van der Waals surface area contributed by atoms with Gasteiger partial charge in [-0.25, -0.2) is 4.39 Å². The molecule has 1 amide bonds. The molecule has 0 aliphatic heterocycles. The number of hydrogen-bond donors (Lipinski definition) is 1. The Bertz CT molecular complexity index is 1310. The molecule has 1 aromatic heterocycles. The van der Waals surface area contributed by atoms with Crippen LogP contribution in [0, 0.1) is 12.7 Å². The van der Waals surface area contributed by atoms with Gasteiger partial charge in [0.05, 0.1) is 17.4 Å². The van der Waals surface area contributed by atoms with Gasteiger partial charge in [-0.05, 0) is 62.4 Å². The number of halogens is 2. The van der Waals surface area contributed by atoms with Crippen LogP contribution in [-0.2, 0) is 4.79 Å². The van der Waals surface area contributed by atoms with Crippen molar-refractivity contribution < 1.29 is 13.9 Å². The number of rotatable bonds is 8. The molecule has 4 aromatic rings. The average molecular weight is 497 g/mol. The number of benzene rings is 3. The molecule has 0 fully saturated rings. The summed E-state index contributed by atoms with van der Waals surface area (Å²) in [4.78, 5) is 12.5. The molecule has 174 valence electrons. The Hall–Kier alpha value is -3.36. The minimum Gasteiger partial charge on any atom is -0.494 e. The number of amides is 1. The maximum atomic E-state index is 13.4. The van der Waals surface area contributed by atoms with Crippen LogP contribution in [0.15, 0.2) is 71.9 Å². The van der Waals surface area contributed by atoms with E-state index in [2.05, 4.69) is 15.5 Å². The van der Waals surface area contributed by atoms with Crippen molar-refractivity contribution in [2.24, 2.45) is 0 Å². The predicted molar refractivity (Wildman–Crippen MR) is 133 cm³/mol. The van der Waals surface area contributed by atoms with Crippen molar-refractivity contribution in [2.75, 3.05) is 17.7 Å². The summed E-state index contributed by atoms with van der Waals surface area (Å²) in [6, 6.07) is 19.7. The SMILES string of the molecule is CCOc1ccc(-n2c(SCC(=O)Nc3ccc(F)c(Cl)c3)nnc2-c2cccc(C)c2)cc1. The molecular formula is C25H22ClFN4O2S. The molecule has 0 spiro atoms. The molecule has 1 heterocycles. The lowest BCUT2D eigenvalue weighted by molar-refractivity contribution is -0.113. The fourth-order valence-electron chi connectivity index (χ4n) is 3.33. The maximum Gasteiger partial charge on any atom is 0.234 e. The van der Waals surface area contributed by atoms with E-state index in [0.29, 0.717) is 23.3 Å². The molecule has 1 N–H and O–H groups in total. The van der Waals surface area contributed by atoms with Gasteiger partial charge in [-0.3, -0.25) is 9.36 Å². The van der Waals surface area contributed by atoms with Gasteiger partial charge in [0.1, 0.15) is 11.6 Å². The Balaban J connectivity index is 1.60. The van der Waals surface area contributed by atoms with Crippen molar-refractivity contribution >= 4 is 35.0 Å². The van der Waals surface area contributed by atoms with E-state index in [9.17, 15) is 9.18 Å². The van der Waals surface area contributed by atoms with Gasteiger partial charge >= 0.3 is 0 Å². The Kier molecular flexibility index (Phi) is 7.49. The summed E-state index contributed by atoms with van der Waals surface area (Å²) in [7, 11) is 0. The Morgan fingerprint density at radius 3 is 2.62 bits per heavy atom. The lowest BCUT2D eigenvalue weighted by Crippen LogP contribution is -2.14. The highest BCUT2D eigenvalue weighted by molar-refractivity contribution is 7.99. The number of aromatic nitrogens is 3. The van der Waals surface area contributed by atoms with E-state index in [0.717, 1.165) is 22.6 Å². The summed E-state index contributed by atoms with van der Waals surface area (Å²) in [5, 5.41) is 12.0. The van der Waals surface area contributed by atoms with Gasteiger partial charge in [-0.1, -0.05) is 47.1 Å². The van der Waals surface area contributed by atoms with Crippen LogP contribution < -0.4 is 10.1 Å². The number of anilines is 1. The zero-order valence-electron chi connectivity index (χ0n) is 18.6. The maximum absolute atomic E-state index is 13.4. The molecular weight excluding hydrogens is 475 g/mol. The topological polar surface area (TPSA) is 69.0 Å². The summed E-state index contributed by atoms with van der Waals surface area (Å²) in [6.45, 7) is 4.53. The summed E-state index contributed by atoms with van der Waals surface area (Å²) in [5.74, 6) is 0.703. The van der Waals surface area contributed by atoms with Crippen molar-refractivity contribution in [2.45, 2.75) is 19.0 Å². The van der Waals surface area contributed by atoms with E-state index < -0.39 is 5.82 Å². The number of nitrogens with one attached hydrogen (secondary N) is 1. The van der Waals surface area contributed by atoms with Crippen LogP contribution in [0.4, 0.5) is 10.1 Å². The quantitative estimate of drug-likeness (QED) is 0.296. The zero-order chi connectivity index (χ0) is 24.1. The fraction of sp³-hybridized carbons (Fsp3) is 0.160. The molecule has 0 atom stereocenters. The van der Waals surface area contributed by atoms with E-state index >= 15 is 0 Å². The first-order valence-electron chi connectivity index (χ1n) is 10.6. The zero-order valence-corrected chi connectivity index (χ0v) is 20.2. The Labute approximate surface area is 206 Å². The van der Waals surface area contributed by atoms with Crippen LogP contribution in [0.3, 0.4) is 0 Å². The lowest BCUT2D eigenvalue weighted by atomic mass is 10.1. The first-order valence-corrected chi connectivity index (χ1v) is 11.9. The molecule has 3 aromatic carbocycles. The first kappa shape index (κ1) is 23.8. The van der Waals surface area contributed by atoms with E-state index in [1.807, 2.05) is 66.9 Å². The minimum absolute atomic E-state index is 0.0523. The molecule has 9 heteroatoms. The molecule has 0 bridgehead atoms. The van der Waals surface area contributed by atoms with Gasteiger partial charge in [0.15, 0.2) is 11.0 Å². The van der Waals surface area contributed by atoms with Crippen LogP contribution in [0.5, 0.6) is 5.75 Å². The molecule has 0 unspecified atom stereocenters. The second-order valence-corrected chi connectivity index (χ2v) is 8.75. The third-order valence-corrected chi connectivity index (χ3v) is 6.07. The predicted octanol–water partition coefficient (Wildman–Crippen LogP) is 6.16.